The zero-order valence-corrected chi connectivity index (χ0v) is 18.6. The molecule has 0 aromatic heterocycles. The van der Waals surface area contributed by atoms with Gasteiger partial charge in [-0.25, -0.2) is 4.79 Å². The standard InChI is InChI=1S/C23H23NO7S/c1-3-29-21(26)20-23(22(27)28-2,15-7-5-4-6-8-15)32-14-19(25)24(20)16-9-10-17-18(13-16)31-12-11-30-17/h4-10,13,20H,3,11-12,14H2,1-2H3/t20-,23+/m1/s1. The molecule has 0 radical (unpaired) electrons. The fourth-order valence-electron chi connectivity index (χ4n) is 3.98. The number of fused-ring (bicyclic) bond motifs is 1. The van der Waals surface area contributed by atoms with E-state index in [-0.39, 0.29) is 18.3 Å². The molecule has 0 saturated carbocycles. The lowest BCUT2D eigenvalue weighted by atomic mass is 9.88. The fourth-order valence-corrected chi connectivity index (χ4v) is 5.34. The van der Waals surface area contributed by atoms with Crippen molar-refractivity contribution in [2.45, 2.75) is 17.7 Å². The normalized spacial score (nSPS) is 22.2. The van der Waals surface area contributed by atoms with Gasteiger partial charge in [-0.15, -0.1) is 11.8 Å². The van der Waals surface area contributed by atoms with Gasteiger partial charge in [-0.3, -0.25) is 14.5 Å². The molecule has 0 unspecified atom stereocenters. The van der Waals surface area contributed by atoms with Gasteiger partial charge in [0, 0.05) is 11.8 Å². The third-order valence-electron chi connectivity index (χ3n) is 5.34. The van der Waals surface area contributed by atoms with Gasteiger partial charge in [0.05, 0.1) is 19.5 Å². The Balaban J connectivity index is 1.91. The van der Waals surface area contributed by atoms with E-state index >= 15 is 0 Å². The summed E-state index contributed by atoms with van der Waals surface area (Å²) in [6.45, 7) is 2.57. The summed E-state index contributed by atoms with van der Waals surface area (Å²) >= 11 is 1.07. The van der Waals surface area contributed by atoms with Crippen LogP contribution in [0, 0.1) is 0 Å². The highest BCUT2D eigenvalue weighted by atomic mass is 32.2. The van der Waals surface area contributed by atoms with Gasteiger partial charge in [-0.1, -0.05) is 30.3 Å². The number of hydrogen-bond acceptors (Lipinski definition) is 8. The molecule has 8 nitrogen and oxygen atoms in total. The quantitative estimate of drug-likeness (QED) is 0.633. The average Bonchev–Trinajstić information content (AvgIpc) is 2.83. The predicted molar refractivity (Wildman–Crippen MR) is 118 cm³/mol. The third-order valence-corrected chi connectivity index (χ3v) is 6.81. The van der Waals surface area contributed by atoms with Crippen molar-refractivity contribution >= 4 is 35.3 Å². The van der Waals surface area contributed by atoms with Gasteiger partial charge < -0.3 is 18.9 Å². The number of rotatable bonds is 5. The van der Waals surface area contributed by atoms with Crippen molar-refractivity contribution in [3.8, 4) is 11.5 Å². The Hall–Kier alpha value is -3.20. The number of amides is 1. The first-order chi connectivity index (χ1) is 15.5. The second kappa shape index (κ2) is 9.12. The number of carbonyl (C=O) groups excluding carboxylic acids is 3. The number of ether oxygens (including phenoxy) is 4. The summed E-state index contributed by atoms with van der Waals surface area (Å²) in [5.41, 5.74) is 0.951. The van der Waals surface area contributed by atoms with Crippen molar-refractivity contribution in [1.82, 2.24) is 0 Å². The minimum Gasteiger partial charge on any atom is -0.486 e. The highest BCUT2D eigenvalue weighted by Gasteiger charge is 2.60. The van der Waals surface area contributed by atoms with Gasteiger partial charge in [0.2, 0.25) is 5.91 Å². The minimum absolute atomic E-state index is 0.0334. The Kier molecular flexibility index (Phi) is 6.27. The zero-order chi connectivity index (χ0) is 22.7. The summed E-state index contributed by atoms with van der Waals surface area (Å²) in [4.78, 5) is 41.1. The largest absolute Gasteiger partial charge is 0.486 e. The van der Waals surface area contributed by atoms with Gasteiger partial charge in [-0.05, 0) is 24.6 Å². The third kappa shape index (κ3) is 3.66. The van der Waals surface area contributed by atoms with Crippen LogP contribution in [0.15, 0.2) is 48.5 Å². The molecule has 0 bridgehead atoms. The summed E-state index contributed by atoms with van der Waals surface area (Å²) in [6, 6.07) is 12.5. The van der Waals surface area contributed by atoms with E-state index in [4.69, 9.17) is 18.9 Å². The van der Waals surface area contributed by atoms with E-state index in [1.165, 1.54) is 12.0 Å². The molecule has 0 aliphatic carbocycles. The van der Waals surface area contributed by atoms with Crippen LogP contribution in [0.5, 0.6) is 11.5 Å². The monoisotopic (exact) mass is 457 g/mol. The summed E-state index contributed by atoms with van der Waals surface area (Å²) < 4.78 is 20.2. The molecule has 2 aromatic rings. The van der Waals surface area contributed by atoms with E-state index in [0.717, 1.165) is 11.8 Å². The van der Waals surface area contributed by atoms with Gasteiger partial charge in [0.25, 0.3) is 0 Å². The molecular formula is C23H23NO7S. The van der Waals surface area contributed by atoms with E-state index < -0.39 is 22.7 Å². The van der Waals surface area contributed by atoms with Gasteiger partial charge in [0.1, 0.15) is 13.2 Å². The van der Waals surface area contributed by atoms with Crippen LogP contribution in [-0.2, 0) is 28.6 Å². The number of methoxy groups -OCH3 is 1. The van der Waals surface area contributed by atoms with Crippen LogP contribution in [0.1, 0.15) is 12.5 Å². The molecule has 1 fully saturated rings. The molecule has 0 N–H and O–H groups in total. The molecule has 2 atom stereocenters. The van der Waals surface area contributed by atoms with Crippen molar-refractivity contribution in [3.63, 3.8) is 0 Å². The van der Waals surface area contributed by atoms with Crippen molar-refractivity contribution in [3.05, 3.63) is 54.1 Å². The minimum atomic E-state index is -1.51. The molecule has 168 valence electrons. The number of carbonyl (C=O) groups is 3. The van der Waals surface area contributed by atoms with E-state index in [0.29, 0.717) is 36.0 Å². The highest BCUT2D eigenvalue weighted by Crippen LogP contribution is 2.49. The Morgan fingerprint density at radius 1 is 1.12 bits per heavy atom. The predicted octanol–water partition coefficient (Wildman–Crippen LogP) is 2.54. The van der Waals surface area contributed by atoms with E-state index in [2.05, 4.69) is 0 Å². The molecule has 0 spiro atoms. The van der Waals surface area contributed by atoms with E-state index in [1.54, 1.807) is 49.4 Å². The first-order valence-corrected chi connectivity index (χ1v) is 11.2. The Morgan fingerprint density at radius 2 is 1.84 bits per heavy atom. The van der Waals surface area contributed by atoms with Crippen LogP contribution in [0.4, 0.5) is 5.69 Å². The van der Waals surface area contributed by atoms with Crippen molar-refractivity contribution in [2.75, 3.05) is 37.6 Å². The maximum absolute atomic E-state index is 13.3. The van der Waals surface area contributed by atoms with E-state index in [1.807, 2.05) is 6.07 Å². The number of anilines is 1. The van der Waals surface area contributed by atoms with Crippen LogP contribution in [0.25, 0.3) is 0 Å². The molecule has 2 aromatic carbocycles. The topological polar surface area (TPSA) is 91.4 Å². The lowest BCUT2D eigenvalue weighted by Gasteiger charge is -2.45. The summed E-state index contributed by atoms with van der Waals surface area (Å²) in [5, 5.41) is 0. The zero-order valence-electron chi connectivity index (χ0n) is 17.7. The maximum Gasteiger partial charge on any atom is 0.331 e. The van der Waals surface area contributed by atoms with E-state index in [9.17, 15) is 14.4 Å². The van der Waals surface area contributed by atoms with Crippen molar-refractivity contribution in [2.24, 2.45) is 0 Å². The van der Waals surface area contributed by atoms with Crippen LogP contribution < -0.4 is 14.4 Å². The number of thioether (sulfide) groups is 1. The van der Waals surface area contributed by atoms with Gasteiger partial charge in [0.15, 0.2) is 22.3 Å². The van der Waals surface area contributed by atoms with Crippen LogP contribution in [-0.4, -0.2) is 56.6 Å². The molecule has 4 rings (SSSR count). The molecule has 32 heavy (non-hydrogen) atoms. The van der Waals surface area contributed by atoms with Gasteiger partial charge >= 0.3 is 11.9 Å². The number of nitrogens with zero attached hydrogens (tertiary/aromatic N) is 1. The molecule has 9 heteroatoms. The molecule has 2 aliphatic rings. The number of esters is 2. The Morgan fingerprint density at radius 3 is 2.53 bits per heavy atom. The van der Waals surface area contributed by atoms with Crippen LogP contribution in [0.2, 0.25) is 0 Å². The Labute approximate surface area is 189 Å². The number of benzene rings is 2. The molecule has 2 aliphatic heterocycles. The molecule has 1 amide bonds. The smallest absolute Gasteiger partial charge is 0.331 e. The van der Waals surface area contributed by atoms with Gasteiger partial charge in [-0.2, -0.15) is 0 Å². The maximum atomic E-state index is 13.3. The first kappa shape index (κ1) is 22.0. The van der Waals surface area contributed by atoms with Crippen molar-refractivity contribution < 1.29 is 33.3 Å². The number of hydrogen-bond donors (Lipinski definition) is 0. The summed E-state index contributed by atoms with van der Waals surface area (Å²) in [6.07, 6.45) is 0. The van der Waals surface area contributed by atoms with Crippen LogP contribution in [0.3, 0.4) is 0 Å². The highest BCUT2D eigenvalue weighted by molar-refractivity contribution is 8.01. The second-order valence-corrected chi connectivity index (χ2v) is 8.35. The SMILES string of the molecule is CCOC(=O)[C@H]1N(c2ccc3c(c2)OCCO3)C(=O)CS[C@@]1(C(=O)OC)c1ccccc1. The molecular weight excluding hydrogens is 434 g/mol. The summed E-state index contributed by atoms with van der Waals surface area (Å²) in [7, 11) is 1.26. The average molecular weight is 458 g/mol. The first-order valence-electron chi connectivity index (χ1n) is 10.2. The second-order valence-electron chi connectivity index (χ2n) is 7.13. The lowest BCUT2D eigenvalue weighted by molar-refractivity contribution is -0.154. The van der Waals surface area contributed by atoms with Crippen LogP contribution >= 0.6 is 11.8 Å². The fraction of sp³-hybridized carbons (Fsp3) is 0.348. The summed E-state index contributed by atoms with van der Waals surface area (Å²) in [5.74, 6) is -0.687. The lowest BCUT2D eigenvalue weighted by Crippen LogP contribution is -2.64. The molecule has 1 saturated heterocycles. The van der Waals surface area contributed by atoms with Crippen molar-refractivity contribution in [1.29, 1.82) is 0 Å². The Bertz CT molecular complexity index is 1030. The molecule has 2 heterocycles.